The Morgan fingerprint density at radius 2 is 1.83 bits per heavy atom. The van der Waals surface area contributed by atoms with Gasteiger partial charge in [-0.15, -0.1) is 0 Å². The van der Waals surface area contributed by atoms with Crippen LogP contribution in [0.25, 0.3) is 0 Å². The second kappa shape index (κ2) is 5.89. The van der Waals surface area contributed by atoms with Gasteiger partial charge in [-0.3, -0.25) is 4.84 Å². The molecule has 1 aliphatic rings. The van der Waals surface area contributed by atoms with E-state index in [1.54, 1.807) is 0 Å². The zero-order chi connectivity index (χ0) is 13.8. The third-order valence-electron chi connectivity index (χ3n) is 3.48. The normalized spacial score (nSPS) is 21.2. The Morgan fingerprint density at radius 1 is 1.28 bits per heavy atom. The average molecular weight is 258 g/mol. The maximum atomic E-state index is 11.9. The SMILES string of the molecule is CC(ON)C1(NC(=O)OC(C)(C)C)CCCCC1. The molecule has 5 nitrogen and oxygen atoms in total. The van der Waals surface area contributed by atoms with Crippen molar-refractivity contribution in [3.05, 3.63) is 0 Å². The third-order valence-corrected chi connectivity index (χ3v) is 3.48. The zero-order valence-electron chi connectivity index (χ0n) is 11.9. The molecular formula is C13H26N2O3. The molecule has 5 heteroatoms. The molecule has 0 saturated heterocycles. The largest absolute Gasteiger partial charge is 0.444 e. The summed E-state index contributed by atoms with van der Waals surface area (Å²) in [7, 11) is 0. The Balaban J connectivity index is 2.70. The molecule has 0 aromatic heterocycles. The quantitative estimate of drug-likeness (QED) is 0.763. The molecule has 106 valence electrons. The van der Waals surface area contributed by atoms with Crippen LogP contribution < -0.4 is 11.2 Å². The second-order valence-electron chi connectivity index (χ2n) is 6.12. The summed E-state index contributed by atoms with van der Waals surface area (Å²) >= 11 is 0. The first-order chi connectivity index (χ1) is 8.29. The van der Waals surface area contributed by atoms with Gasteiger partial charge in [-0.05, 0) is 40.5 Å². The minimum absolute atomic E-state index is 0.217. The van der Waals surface area contributed by atoms with Crippen molar-refractivity contribution >= 4 is 6.09 Å². The number of rotatable bonds is 3. The summed E-state index contributed by atoms with van der Waals surface area (Å²) < 4.78 is 5.31. The topological polar surface area (TPSA) is 73.6 Å². The summed E-state index contributed by atoms with van der Waals surface area (Å²) in [5.41, 5.74) is -0.887. The summed E-state index contributed by atoms with van der Waals surface area (Å²) in [6.45, 7) is 7.44. The monoisotopic (exact) mass is 258 g/mol. The van der Waals surface area contributed by atoms with Crippen molar-refractivity contribution in [1.82, 2.24) is 5.32 Å². The van der Waals surface area contributed by atoms with Crippen LogP contribution in [0.3, 0.4) is 0 Å². The van der Waals surface area contributed by atoms with Gasteiger partial charge in [0.15, 0.2) is 0 Å². The number of nitrogens with two attached hydrogens (primary N) is 1. The Hall–Kier alpha value is -0.810. The Kier molecular flexibility index (Phi) is 4.99. The van der Waals surface area contributed by atoms with E-state index in [1.165, 1.54) is 6.42 Å². The predicted octanol–water partition coefficient (Wildman–Crippen LogP) is 2.49. The maximum Gasteiger partial charge on any atom is 0.408 e. The zero-order valence-corrected chi connectivity index (χ0v) is 11.9. The lowest BCUT2D eigenvalue weighted by Gasteiger charge is -2.41. The summed E-state index contributed by atoms with van der Waals surface area (Å²) in [6, 6.07) is 0. The lowest BCUT2D eigenvalue weighted by molar-refractivity contribution is -0.0278. The van der Waals surface area contributed by atoms with E-state index in [1.807, 2.05) is 27.7 Å². The minimum atomic E-state index is -0.493. The molecule has 0 radical (unpaired) electrons. The van der Waals surface area contributed by atoms with E-state index in [9.17, 15) is 4.79 Å². The molecule has 3 N–H and O–H groups in total. The number of ether oxygens (including phenoxy) is 1. The van der Waals surface area contributed by atoms with Gasteiger partial charge >= 0.3 is 6.09 Å². The number of carbonyl (C=O) groups excluding carboxylic acids is 1. The molecule has 1 unspecified atom stereocenters. The van der Waals surface area contributed by atoms with Crippen molar-refractivity contribution in [1.29, 1.82) is 0 Å². The molecule has 0 aromatic rings. The summed E-state index contributed by atoms with van der Waals surface area (Å²) in [5, 5.41) is 2.97. The van der Waals surface area contributed by atoms with Gasteiger partial charge in [0.05, 0.1) is 11.6 Å². The van der Waals surface area contributed by atoms with E-state index < -0.39 is 17.2 Å². The first-order valence-corrected chi connectivity index (χ1v) is 6.66. The fourth-order valence-electron chi connectivity index (χ4n) is 2.45. The second-order valence-corrected chi connectivity index (χ2v) is 6.12. The highest BCUT2D eigenvalue weighted by Gasteiger charge is 2.40. The number of alkyl carbamates (subject to hydrolysis) is 1. The van der Waals surface area contributed by atoms with Crippen molar-refractivity contribution < 1.29 is 14.4 Å². The van der Waals surface area contributed by atoms with Crippen LogP contribution in [0, 0.1) is 0 Å². The Morgan fingerprint density at radius 3 is 2.28 bits per heavy atom. The summed E-state index contributed by atoms with van der Waals surface area (Å²) in [4.78, 5) is 16.9. The lowest BCUT2D eigenvalue weighted by atomic mass is 9.78. The molecule has 0 heterocycles. The number of nitrogens with one attached hydrogen (secondary N) is 1. The highest BCUT2D eigenvalue weighted by Crippen LogP contribution is 2.32. The van der Waals surface area contributed by atoms with Gasteiger partial charge < -0.3 is 10.1 Å². The van der Waals surface area contributed by atoms with Crippen molar-refractivity contribution in [2.75, 3.05) is 0 Å². The van der Waals surface area contributed by atoms with Crippen LogP contribution in [-0.2, 0) is 9.57 Å². The number of hydrogen-bond acceptors (Lipinski definition) is 4. The van der Waals surface area contributed by atoms with Gasteiger partial charge in [-0.2, -0.15) is 0 Å². The van der Waals surface area contributed by atoms with E-state index in [-0.39, 0.29) is 6.10 Å². The van der Waals surface area contributed by atoms with E-state index in [0.29, 0.717) is 0 Å². The average Bonchev–Trinajstić information content (AvgIpc) is 2.26. The van der Waals surface area contributed by atoms with Crippen LogP contribution in [-0.4, -0.2) is 23.3 Å². The van der Waals surface area contributed by atoms with Crippen LogP contribution in [0.5, 0.6) is 0 Å². The molecule has 1 rings (SSSR count). The minimum Gasteiger partial charge on any atom is -0.444 e. The molecule has 1 fully saturated rings. The lowest BCUT2D eigenvalue weighted by Crippen LogP contribution is -2.58. The van der Waals surface area contributed by atoms with Gasteiger partial charge in [0, 0.05) is 0 Å². The van der Waals surface area contributed by atoms with E-state index in [4.69, 9.17) is 15.5 Å². The van der Waals surface area contributed by atoms with Crippen molar-refractivity contribution in [3.63, 3.8) is 0 Å². The fourth-order valence-corrected chi connectivity index (χ4v) is 2.45. The van der Waals surface area contributed by atoms with E-state index >= 15 is 0 Å². The van der Waals surface area contributed by atoms with Crippen LogP contribution >= 0.6 is 0 Å². The number of hydrogen-bond donors (Lipinski definition) is 2. The van der Waals surface area contributed by atoms with E-state index in [0.717, 1.165) is 25.7 Å². The smallest absolute Gasteiger partial charge is 0.408 e. The van der Waals surface area contributed by atoms with Gasteiger partial charge in [-0.25, -0.2) is 10.7 Å². The van der Waals surface area contributed by atoms with Crippen LogP contribution in [0.4, 0.5) is 4.79 Å². The molecule has 18 heavy (non-hydrogen) atoms. The highest BCUT2D eigenvalue weighted by molar-refractivity contribution is 5.69. The van der Waals surface area contributed by atoms with Crippen molar-refractivity contribution in [2.45, 2.75) is 77.0 Å². The first-order valence-electron chi connectivity index (χ1n) is 6.66. The van der Waals surface area contributed by atoms with E-state index in [2.05, 4.69) is 5.32 Å². The fraction of sp³-hybridized carbons (Fsp3) is 0.923. The molecule has 1 saturated carbocycles. The summed E-state index contributed by atoms with van der Waals surface area (Å²) in [5.74, 6) is 5.30. The van der Waals surface area contributed by atoms with Crippen LogP contribution in [0.15, 0.2) is 0 Å². The molecule has 1 amide bonds. The van der Waals surface area contributed by atoms with Gasteiger partial charge in [-0.1, -0.05) is 19.3 Å². The van der Waals surface area contributed by atoms with Crippen LogP contribution in [0.2, 0.25) is 0 Å². The number of carbonyl (C=O) groups is 1. The standard InChI is InChI=1S/C13H26N2O3/c1-10(18-14)13(8-6-5-7-9-13)15-11(16)17-12(2,3)4/h10H,5-9,14H2,1-4H3,(H,15,16). The predicted molar refractivity (Wildman–Crippen MR) is 69.9 cm³/mol. The molecule has 0 aromatic carbocycles. The summed E-state index contributed by atoms with van der Waals surface area (Å²) in [6.07, 6.45) is 4.48. The van der Waals surface area contributed by atoms with Crippen LogP contribution in [0.1, 0.15) is 59.8 Å². The molecule has 0 bridgehead atoms. The first kappa shape index (κ1) is 15.2. The molecular weight excluding hydrogens is 232 g/mol. The van der Waals surface area contributed by atoms with Gasteiger partial charge in [0.25, 0.3) is 0 Å². The molecule has 0 spiro atoms. The molecule has 0 aliphatic heterocycles. The van der Waals surface area contributed by atoms with Crippen molar-refractivity contribution in [2.24, 2.45) is 5.90 Å². The van der Waals surface area contributed by atoms with Gasteiger partial charge in [0.2, 0.25) is 0 Å². The van der Waals surface area contributed by atoms with Gasteiger partial charge in [0.1, 0.15) is 5.60 Å². The Bertz CT molecular complexity index is 280. The molecule has 1 aliphatic carbocycles. The third kappa shape index (κ3) is 4.14. The molecule has 1 atom stereocenters. The maximum absolute atomic E-state index is 11.9. The highest BCUT2D eigenvalue weighted by atomic mass is 16.6. The number of amides is 1. The Labute approximate surface area is 109 Å². The van der Waals surface area contributed by atoms with Crippen molar-refractivity contribution in [3.8, 4) is 0 Å².